The van der Waals surface area contributed by atoms with Crippen LogP contribution in [0.15, 0.2) is 30.3 Å². The van der Waals surface area contributed by atoms with Crippen LogP contribution in [0.5, 0.6) is 0 Å². The first-order chi connectivity index (χ1) is 10.1. The Kier molecular flexibility index (Phi) is 9.31. The number of aliphatic hydroxyl groups is 2. The highest BCUT2D eigenvalue weighted by Gasteiger charge is 2.15. The Morgan fingerprint density at radius 2 is 1.36 bits per heavy atom. The van der Waals surface area contributed by atoms with Crippen LogP contribution in [-0.2, 0) is 35.8 Å². The molecule has 128 valence electrons. The third kappa shape index (κ3) is 12.6. The Labute approximate surface area is 127 Å². The molecule has 0 saturated carbocycles. The summed E-state index contributed by atoms with van der Waals surface area (Å²) in [5.41, 5.74) is 1.04. The largest absolute Gasteiger partial charge is 0.413 e. The second kappa shape index (κ2) is 9.81. The Bertz CT molecular complexity index is 576. The van der Waals surface area contributed by atoms with Gasteiger partial charge in [-0.1, -0.05) is 30.3 Å². The van der Waals surface area contributed by atoms with E-state index in [1.807, 2.05) is 30.3 Å². The van der Waals surface area contributed by atoms with Crippen LogP contribution in [0.3, 0.4) is 0 Å². The Hall–Kier alpha value is -1.12. The van der Waals surface area contributed by atoms with Crippen LogP contribution in [0.1, 0.15) is 5.56 Å². The second-order valence-corrected chi connectivity index (χ2v) is 5.96. The molecule has 12 heteroatoms. The zero-order chi connectivity index (χ0) is 17.2. The molecule has 0 bridgehead atoms. The van der Waals surface area contributed by atoms with E-state index in [9.17, 15) is 16.8 Å². The average molecular weight is 360 g/mol. The van der Waals surface area contributed by atoms with Gasteiger partial charge in [-0.3, -0.25) is 9.11 Å². The lowest BCUT2D eigenvalue weighted by Crippen LogP contribution is -2.21. The molecule has 0 fully saturated rings. The maximum atomic E-state index is 9.44. The molecule has 0 unspecified atom stereocenters. The third-order valence-corrected chi connectivity index (χ3v) is 3.28. The van der Waals surface area contributed by atoms with Crippen LogP contribution >= 0.6 is 0 Å². The molecule has 0 radical (unpaired) electrons. The number of hydrogen-bond donors (Lipinski definition) is 4. The lowest BCUT2D eigenvalue weighted by Gasteiger charge is -2.11. The van der Waals surface area contributed by atoms with E-state index in [-0.39, 0.29) is 13.2 Å². The molecule has 0 heterocycles. The predicted octanol–water partition coefficient (Wildman–Crippen LogP) is -0.835. The maximum Gasteiger partial charge on any atom is 0.413 e. The Morgan fingerprint density at radius 3 is 1.68 bits per heavy atom. The number of aliphatic hydroxyl groups excluding tert-OH is 2. The second-order valence-electron chi connectivity index (χ2n) is 3.71. The van der Waals surface area contributed by atoms with Crippen LogP contribution in [0.25, 0.3) is 0 Å². The van der Waals surface area contributed by atoms with Gasteiger partial charge in [-0.05, 0) is 5.56 Å². The number of benzene rings is 1. The fourth-order valence-corrected chi connectivity index (χ4v) is 1.93. The van der Waals surface area contributed by atoms with Crippen LogP contribution in [0, 0.1) is 0 Å². The molecule has 22 heavy (non-hydrogen) atoms. The lowest BCUT2D eigenvalue weighted by atomic mass is 10.2. The summed E-state index contributed by atoms with van der Waals surface area (Å²) in [5.74, 6) is 0. The molecule has 10 nitrogen and oxygen atoms in total. The smallest absolute Gasteiger partial charge is 0.394 e. The number of ether oxygens (including phenoxy) is 1. The van der Waals surface area contributed by atoms with E-state index in [0.29, 0.717) is 6.61 Å². The molecule has 0 aliphatic heterocycles. The zero-order valence-corrected chi connectivity index (χ0v) is 12.8. The van der Waals surface area contributed by atoms with Gasteiger partial charge in [0.15, 0.2) is 0 Å². The van der Waals surface area contributed by atoms with Gasteiger partial charge in [-0.2, -0.15) is 16.8 Å². The van der Waals surface area contributed by atoms with E-state index in [4.69, 9.17) is 24.1 Å². The van der Waals surface area contributed by atoms with Crippen molar-refractivity contribution in [3.63, 3.8) is 0 Å². The first-order valence-corrected chi connectivity index (χ1v) is 8.33. The van der Waals surface area contributed by atoms with Crippen molar-refractivity contribution in [2.45, 2.75) is 12.7 Å². The van der Waals surface area contributed by atoms with Gasteiger partial charge in [-0.15, -0.1) is 3.63 Å². The van der Waals surface area contributed by atoms with E-state index >= 15 is 0 Å². The standard InChI is InChI=1S/C10H14O3.H2O7S2/c11-6-10(7-12)13-8-9-4-2-1-3-5-9;1-8(2,3)7-9(4,5)6/h1-5,10-12H,6-8H2;(H,1,2,3)(H,4,5,6). The summed E-state index contributed by atoms with van der Waals surface area (Å²) in [5, 5.41) is 17.4. The molecular formula is C10H16O10S2. The molecular weight excluding hydrogens is 344 g/mol. The minimum absolute atomic E-state index is 0.149. The van der Waals surface area contributed by atoms with Gasteiger partial charge in [-0.25, -0.2) is 0 Å². The normalized spacial score (nSPS) is 11.9. The van der Waals surface area contributed by atoms with Crippen molar-refractivity contribution in [2.24, 2.45) is 0 Å². The lowest BCUT2D eigenvalue weighted by molar-refractivity contribution is -0.0284. The van der Waals surface area contributed by atoms with Crippen molar-refractivity contribution in [3.05, 3.63) is 35.9 Å². The summed E-state index contributed by atoms with van der Waals surface area (Å²) in [4.78, 5) is 0. The van der Waals surface area contributed by atoms with E-state index in [0.717, 1.165) is 5.56 Å². The molecule has 1 rings (SSSR count). The predicted molar refractivity (Wildman–Crippen MR) is 73.4 cm³/mol. The fourth-order valence-electron chi connectivity index (χ4n) is 1.06. The highest BCUT2D eigenvalue weighted by molar-refractivity contribution is 7.94. The van der Waals surface area contributed by atoms with E-state index < -0.39 is 26.9 Å². The molecule has 0 aliphatic carbocycles. The first-order valence-electron chi connectivity index (χ1n) is 5.60. The Balaban J connectivity index is 0.000000433. The van der Waals surface area contributed by atoms with E-state index in [1.165, 1.54) is 0 Å². The van der Waals surface area contributed by atoms with Crippen molar-refractivity contribution < 1.29 is 44.5 Å². The number of rotatable bonds is 7. The quantitative estimate of drug-likeness (QED) is 0.450. The summed E-state index contributed by atoms with van der Waals surface area (Å²) in [7, 11) is -10.2. The highest BCUT2D eigenvalue weighted by Crippen LogP contribution is 2.02. The van der Waals surface area contributed by atoms with Gasteiger partial charge >= 0.3 is 20.8 Å². The summed E-state index contributed by atoms with van der Waals surface area (Å²) in [6.45, 7) is 0.124. The van der Waals surface area contributed by atoms with Gasteiger partial charge in [0, 0.05) is 0 Å². The molecule has 0 saturated heterocycles. The monoisotopic (exact) mass is 360 g/mol. The zero-order valence-electron chi connectivity index (χ0n) is 11.1. The molecule has 0 aromatic heterocycles. The van der Waals surface area contributed by atoms with Crippen molar-refractivity contribution in [2.75, 3.05) is 13.2 Å². The average Bonchev–Trinajstić information content (AvgIpc) is 2.37. The Morgan fingerprint density at radius 1 is 0.909 bits per heavy atom. The summed E-state index contributed by atoms with van der Waals surface area (Å²) >= 11 is 0. The minimum Gasteiger partial charge on any atom is -0.394 e. The van der Waals surface area contributed by atoms with Crippen molar-refractivity contribution in [1.29, 1.82) is 0 Å². The topological polar surface area (TPSA) is 168 Å². The van der Waals surface area contributed by atoms with Gasteiger partial charge in [0.05, 0.1) is 19.8 Å². The summed E-state index contributed by atoms with van der Waals surface area (Å²) in [6.07, 6.45) is -0.472. The molecule has 1 aromatic rings. The molecule has 0 spiro atoms. The molecule has 0 amide bonds. The molecule has 0 aliphatic rings. The van der Waals surface area contributed by atoms with Crippen LogP contribution in [-0.4, -0.2) is 55.5 Å². The SMILES string of the molecule is O=S(=O)(O)OS(=O)(=O)O.OCC(CO)OCc1ccccc1. The van der Waals surface area contributed by atoms with E-state index in [2.05, 4.69) is 3.63 Å². The van der Waals surface area contributed by atoms with Crippen LogP contribution in [0.2, 0.25) is 0 Å². The molecule has 4 N–H and O–H groups in total. The molecule has 0 atom stereocenters. The third-order valence-electron chi connectivity index (χ3n) is 1.91. The maximum absolute atomic E-state index is 9.44. The fraction of sp³-hybridized carbons (Fsp3) is 0.400. The first kappa shape index (κ1) is 20.9. The highest BCUT2D eigenvalue weighted by atomic mass is 32.3. The minimum atomic E-state index is -5.12. The molecule has 1 aromatic carbocycles. The van der Waals surface area contributed by atoms with Crippen LogP contribution < -0.4 is 0 Å². The van der Waals surface area contributed by atoms with Gasteiger partial charge in [0.25, 0.3) is 0 Å². The van der Waals surface area contributed by atoms with Gasteiger partial charge in [0.2, 0.25) is 0 Å². The van der Waals surface area contributed by atoms with Crippen molar-refractivity contribution in [3.8, 4) is 0 Å². The van der Waals surface area contributed by atoms with E-state index in [1.54, 1.807) is 0 Å². The number of hydrogen-bond acceptors (Lipinski definition) is 8. The van der Waals surface area contributed by atoms with Gasteiger partial charge in [0.1, 0.15) is 6.10 Å². The summed E-state index contributed by atoms with van der Waals surface area (Å²) in [6, 6.07) is 9.65. The van der Waals surface area contributed by atoms with Crippen molar-refractivity contribution in [1.82, 2.24) is 0 Å². The summed E-state index contributed by atoms with van der Waals surface area (Å²) < 4.78 is 60.8. The van der Waals surface area contributed by atoms with Crippen molar-refractivity contribution >= 4 is 20.8 Å². The van der Waals surface area contributed by atoms with Crippen LogP contribution in [0.4, 0.5) is 0 Å². The van der Waals surface area contributed by atoms with Gasteiger partial charge < -0.3 is 14.9 Å².